The van der Waals surface area contributed by atoms with Crippen LogP contribution in [0.4, 0.5) is 4.79 Å². The van der Waals surface area contributed by atoms with Crippen LogP contribution in [0.2, 0.25) is 0 Å². The normalized spacial score (nSPS) is 19.1. The summed E-state index contributed by atoms with van der Waals surface area (Å²) in [7, 11) is 1.87. The van der Waals surface area contributed by atoms with E-state index in [9.17, 15) is 4.79 Å². The highest BCUT2D eigenvalue weighted by atomic mass is 16.5. The second-order valence-electron chi connectivity index (χ2n) is 6.25. The Morgan fingerprint density at radius 3 is 2.92 bits per heavy atom. The number of benzene rings is 1. The van der Waals surface area contributed by atoms with Crippen molar-refractivity contribution in [2.75, 3.05) is 19.7 Å². The van der Waals surface area contributed by atoms with Crippen molar-refractivity contribution in [2.24, 2.45) is 7.05 Å². The fourth-order valence-electron chi connectivity index (χ4n) is 2.93. The molecule has 1 fully saturated rings. The molecular formula is C18H24N4O2. The molecule has 0 saturated carbocycles. The molecule has 0 radical (unpaired) electrons. The summed E-state index contributed by atoms with van der Waals surface area (Å²) in [6.45, 7) is 3.78. The number of morpholine rings is 1. The molecule has 2 atom stereocenters. The Morgan fingerprint density at radius 2 is 2.21 bits per heavy atom. The molecule has 0 aliphatic carbocycles. The van der Waals surface area contributed by atoms with Gasteiger partial charge in [-0.2, -0.15) is 5.10 Å². The average Bonchev–Trinajstić information content (AvgIpc) is 3.03. The van der Waals surface area contributed by atoms with E-state index in [1.807, 2.05) is 43.3 Å². The highest BCUT2D eigenvalue weighted by Gasteiger charge is 2.25. The van der Waals surface area contributed by atoms with Crippen LogP contribution in [0.3, 0.4) is 0 Å². The third kappa shape index (κ3) is 4.14. The lowest BCUT2D eigenvalue weighted by Crippen LogP contribution is -2.50. The molecule has 1 aliphatic rings. The number of amides is 2. The van der Waals surface area contributed by atoms with Crippen LogP contribution < -0.4 is 5.32 Å². The van der Waals surface area contributed by atoms with Crippen LogP contribution in [0.1, 0.15) is 24.1 Å². The second kappa shape index (κ2) is 7.49. The zero-order valence-electron chi connectivity index (χ0n) is 14.2. The van der Waals surface area contributed by atoms with E-state index in [0.29, 0.717) is 19.7 Å². The Balaban J connectivity index is 1.55. The van der Waals surface area contributed by atoms with E-state index < -0.39 is 0 Å². The summed E-state index contributed by atoms with van der Waals surface area (Å²) in [5.41, 5.74) is 2.23. The molecule has 1 aromatic carbocycles. The van der Waals surface area contributed by atoms with Crippen molar-refractivity contribution >= 4 is 6.03 Å². The van der Waals surface area contributed by atoms with E-state index in [-0.39, 0.29) is 18.2 Å². The van der Waals surface area contributed by atoms with E-state index >= 15 is 0 Å². The van der Waals surface area contributed by atoms with Crippen molar-refractivity contribution in [3.8, 4) is 0 Å². The lowest BCUT2D eigenvalue weighted by molar-refractivity contribution is -0.0135. The number of carbonyl (C=O) groups excluding carboxylic acids is 1. The molecule has 0 unspecified atom stereocenters. The maximum Gasteiger partial charge on any atom is 0.318 e. The standard InChI is InChI=1S/C18H24N4O2/c1-14(16-11-19-21(2)12-16)20-18(23)22-8-9-24-17(13-22)10-15-6-4-3-5-7-15/h3-7,11-12,14,17H,8-10,13H2,1-2H3,(H,20,23)/t14-,17-/m0/s1. The van der Waals surface area contributed by atoms with Crippen LogP contribution in [0.15, 0.2) is 42.7 Å². The molecule has 1 aromatic heterocycles. The number of rotatable bonds is 4. The van der Waals surface area contributed by atoms with Gasteiger partial charge in [0.2, 0.25) is 0 Å². The summed E-state index contributed by atoms with van der Waals surface area (Å²) in [6.07, 6.45) is 4.56. The second-order valence-corrected chi connectivity index (χ2v) is 6.25. The molecule has 2 amide bonds. The fourth-order valence-corrected chi connectivity index (χ4v) is 2.93. The average molecular weight is 328 g/mol. The summed E-state index contributed by atoms with van der Waals surface area (Å²) in [4.78, 5) is 14.4. The van der Waals surface area contributed by atoms with Gasteiger partial charge in [-0.15, -0.1) is 0 Å². The third-order valence-electron chi connectivity index (χ3n) is 4.30. The molecule has 3 rings (SSSR count). The predicted molar refractivity (Wildman–Crippen MR) is 91.6 cm³/mol. The quantitative estimate of drug-likeness (QED) is 0.935. The van der Waals surface area contributed by atoms with Gasteiger partial charge < -0.3 is 15.0 Å². The van der Waals surface area contributed by atoms with Crippen LogP contribution in [0.5, 0.6) is 0 Å². The van der Waals surface area contributed by atoms with E-state index in [1.165, 1.54) is 5.56 Å². The van der Waals surface area contributed by atoms with Crippen molar-refractivity contribution in [3.05, 3.63) is 53.9 Å². The van der Waals surface area contributed by atoms with Crippen molar-refractivity contribution in [3.63, 3.8) is 0 Å². The van der Waals surface area contributed by atoms with Crippen molar-refractivity contribution in [2.45, 2.75) is 25.5 Å². The summed E-state index contributed by atoms with van der Waals surface area (Å²) in [5, 5.41) is 7.19. The van der Waals surface area contributed by atoms with Gasteiger partial charge >= 0.3 is 6.03 Å². The summed E-state index contributed by atoms with van der Waals surface area (Å²) < 4.78 is 7.56. The first kappa shape index (κ1) is 16.5. The number of ether oxygens (including phenoxy) is 1. The van der Waals surface area contributed by atoms with E-state index in [1.54, 1.807) is 10.9 Å². The number of urea groups is 1. The van der Waals surface area contributed by atoms with Gasteiger partial charge in [-0.3, -0.25) is 4.68 Å². The van der Waals surface area contributed by atoms with Crippen LogP contribution in [-0.2, 0) is 18.2 Å². The summed E-state index contributed by atoms with van der Waals surface area (Å²) in [6, 6.07) is 10.1. The summed E-state index contributed by atoms with van der Waals surface area (Å²) >= 11 is 0. The minimum absolute atomic E-state index is 0.0422. The Hall–Kier alpha value is -2.34. The Morgan fingerprint density at radius 1 is 1.42 bits per heavy atom. The first-order valence-corrected chi connectivity index (χ1v) is 8.31. The number of aromatic nitrogens is 2. The molecule has 6 heteroatoms. The lowest BCUT2D eigenvalue weighted by atomic mass is 10.1. The molecule has 6 nitrogen and oxygen atoms in total. The number of hydrogen-bond acceptors (Lipinski definition) is 3. The number of hydrogen-bond donors (Lipinski definition) is 1. The molecule has 128 valence electrons. The molecule has 24 heavy (non-hydrogen) atoms. The van der Waals surface area contributed by atoms with Crippen molar-refractivity contribution < 1.29 is 9.53 Å². The van der Waals surface area contributed by atoms with Crippen LogP contribution in [0, 0.1) is 0 Å². The number of carbonyl (C=O) groups is 1. The van der Waals surface area contributed by atoms with Crippen LogP contribution >= 0.6 is 0 Å². The maximum absolute atomic E-state index is 12.5. The summed E-state index contributed by atoms with van der Waals surface area (Å²) in [5.74, 6) is 0. The van der Waals surface area contributed by atoms with Gasteiger partial charge in [-0.25, -0.2) is 4.79 Å². The van der Waals surface area contributed by atoms with Crippen LogP contribution in [-0.4, -0.2) is 46.5 Å². The van der Waals surface area contributed by atoms with Crippen molar-refractivity contribution in [1.29, 1.82) is 0 Å². The topological polar surface area (TPSA) is 59.4 Å². The van der Waals surface area contributed by atoms with Crippen molar-refractivity contribution in [1.82, 2.24) is 20.0 Å². The number of aryl methyl sites for hydroxylation is 1. The minimum Gasteiger partial charge on any atom is -0.374 e. The highest BCUT2D eigenvalue weighted by molar-refractivity contribution is 5.74. The van der Waals surface area contributed by atoms with Gasteiger partial charge in [0.15, 0.2) is 0 Å². The van der Waals surface area contributed by atoms with Gasteiger partial charge in [-0.1, -0.05) is 30.3 Å². The van der Waals surface area contributed by atoms with Crippen LogP contribution in [0.25, 0.3) is 0 Å². The van der Waals surface area contributed by atoms with Gasteiger partial charge in [0.05, 0.1) is 24.9 Å². The smallest absolute Gasteiger partial charge is 0.318 e. The SMILES string of the molecule is C[C@H](NC(=O)N1CCO[C@@H](Cc2ccccc2)C1)c1cnn(C)c1. The molecule has 1 aliphatic heterocycles. The van der Waals surface area contributed by atoms with Gasteiger partial charge in [0.25, 0.3) is 0 Å². The third-order valence-corrected chi connectivity index (χ3v) is 4.30. The largest absolute Gasteiger partial charge is 0.374 e. The predicted octanol–water partition coefficient (Wildman–Crippen LogP) is 2.13. The molecule has 2 heterocycles. The maximum atomic E-state index is 12.5. The Kier molecular flexibility index (Phi) is 5.15. The Labute approximate surface area is 142 Å². The van der Waals surface area contributed by atoms with Gasteiger partial charge in [0, 0.05) is 38.3 Å². The molecular weight excluding hydrogens is 304 g/mol. The first-order chi connectivity index (χ1) is 11.6. The monoisotopic (exact) mass is 328 g/mol. The fraction of sp³-hybridized carbons (Fsp3) is 0.444. The minimum atomic E-state index is -0.0679. The van der Waals surface area contributed by atoms with Gasteiger partial charge in [0.1, 0.15) is 0 Å². The first-order valence-electron chi connectivity index (χ1n) is 8.31. The highest BCUT2D eigenvalue weighted by Crippen LogP contribution is 2.14. The molecule has 0 spiro atoms. The zero-order valence-corrected chi connectivity index (χ0v) is 14.2. The molecule has 2 aromatic rings. The van der Waals surface area contributed by atoms with Gasteiger partial charge in [-0.05, 0) is 12.5 Å². The van der Waals surface area contributed by atoms with E-state index in [0.717, 1.165) is 12.0 Å². The molecule has 0 bridgehead atoms. The van der Waals surface area contributed by atoms with E-state index in [2.05, 4.69) is 22.5 Å². The number of nitrogens with zero attached hydrogens (tertiary/aromatic N) is 3. The van der Waals surface area contributed by atoms with E-state index in [4.69, 9.17) is 4.74 Å². The zero-order chi connectivity index (χ0) is 16.9. The Bertz CT molecular complexity index is 671. The lowest BCUT2D eigenvalue weighted by Gasteiger charge is -2.33. The molecule has 1 saturated heterocycles. The molecule has 1 N–H and O–H groups in total. The number of nitrogens with one attached hydrogen (secondary N) is 1.